The lowest BCUT2D eigenvalue weighted by Crippen LogP contribution is -2.23. The first-order chi connectivity index (χ1) is 15.0. The van der Waals surface area contributed by atoms with Crippen LogP contribution in [0.3, 0.4) is 0 Å². The van der Waals surface area contributed by atoms with Gasteiger partial charge in [0, 0.05) is 12.6 Å². The Labute approximate surface area is 181 Å². The predicted molar refractivity (Wildman–Crippen MR) is 121 cm³/mol. The Morgan fingerprint density at radius 2 is 1.61 bits per heavy atom. The van der Waals surface area contributed by atoms with Crippen molar-refractivity contribution in [2.45, 2.75) is 33.3 Å². The van der Waals surface area contributed by atoms with E-state index in [0.29, 0.717) is 12.3 Å². The van der Waals surface area contributed by atoms with E-state index < -0.39 is 0 Å². The molecule has 0 bridgehead atoms. The number of tetrazole rings is 1. The highest BCUT2D eigenvalue weighted by Crippen LogP contribution is 2.24. The van der Waals surface area contributed by atoms with E-state index in [4.69, 9.17) is 4.74 Å². The van der Waals surface area contributed by atoms with Crippen LogP contribution in [0.2, 0.25) is 0 Å². The van der Waals surface area contributed by atoms with E-state index in [1.807, 2.05) is 37.3 Å². The zero-order valence-electron chi connectivity index (χ0n) is 18.1. The van der Waals surface area contributed by atoms with Gasteiger partial charge < -0.3 is 4.74 Å². The summed E-state index contributed by atoms with van der Waals surface area (Å²) in [7, 11) is 1.58. The maximum atomic E-state index is 12.3. The Balaban J connectivity index is 1.50. The Hall–Kier alpha value is -3.67. The molecule has 0 atom stereocenters. The molecule has 1 heterocycles. The number of nitrogens with zero attached hydrogens (tertiary/aromatic N) is 4. The molecule has 158 valence electrons. The fraction of sp³-hybridized carbons (Fsp3) is 0.240. The second-order valence-corrected chi connectivity index (χ2v) is 7.74. The van der Waals surface area contributed by atoms with Crippen molar-refractivity contribution in [2.24, 2.45) is 7.05 Å². The van der Waals surface area contributed by atoms with E-state index in [2.05, 4.69) is 53.7 Å². The first-order valence-electron chi connectivity index (χ1n) is 10.4. The van der Waals surface area contributed by atoms with Crippen LogP contribution in [0.5, 0.6) is 5.75 Å². The fourth-order valence-electron chi connectivity index (χ4n) is 3.65. The number of rotatable bonds is 7. The molecule has 4 rings (SSSR count). The zero-order valence-corrected chi connectivity index (χ0v) is 18.1. The largest absolute Gasteiger partial charge is 0.489 e. The smallest absolute Gasteiger partial charge is 0.368 e. The van der Waals surface area contributed by atoms with Crippen molar-refractivity contribution in [3.05, 3.63) is 105 Å². The quantitative estimate of drug-likeness (QED) is 0.459. The molecule has 0 amide bonds. The van der Waals surface area contributed by atoms with Gasteiger partial charge in [0.25, 0.3) is 0 Å². The SMILES string of the molecule is Cc1cc(CCc2ccccc2)ccc1OCc1c(C)cccc1-n1nnn(C)c1=O. The Bertz CT molecular complexity index is 1240. The number of benzene rings is 3. The molecule has 0 fully saturated rings. The molecule has 0 saturated carbocycles. The van der Waals surface area contributed by atoms with Gasteiger partial charge in [-0.15, -0.1) is 0 Å². The summed E-state index contributed by atoms with van der Waals surface area (Å²) >= 11 is 0. The van der Waals surface area contributed by atoms with Crippen LogP contribution in [0.1, 0.15) is 27.8 Å². The number of aromatic nitrogens is 4. The highest BCUT2D eigenvalue weighted by Gasteiger charge is 2.14. The van der Waals surface area contributed by atoms with Crippen molar-refractivity contribution >= 4 is 0 Å². The van der Waals surface area contributed by atoms with Gasteiger partial charge in [0.05, 0.1) is 5.69 Å². The standard InChI is InChI=1S/C25H26N4O2/c1-18-8-7-11-23(29-25(30)28(3)26-27-29)22(18)17-31-24-15-14-21(16-19(24)2)13-12-20-9-5-4-6-10-20/h4-11,14-16H,12-13,17H2,1-3H3. The van der Waals surface area contributed by atoms with Crippen LogP contribution < -0.4 is 10.4 Å². The van der Waals surface area contributed by atoms with E-state index >= 15 is 0 Å². The third-order valence-electron chi connectivity index (χ3n) is 5.49. The van der Waals surface area contributed by atoms with Gasteiger partial charge in [-0.2, -0.15) is 9.36 Å². The molecule has 0 spiro atoms. The van der Waals surface area contributed by atoms with E-state index in [9.17, 15) is 4.79 Å². The van der Waals surface area contributed by atoms with Crippen molar-refractivity contribution in [2.75, 3.05) is 0 Å². The molecule has 0 unspecified atom stereocenters. The molecular formula is C25H26N4O2. The van der Waals surface area contributed by atoms with Gasteiger partial charge in [-0.1, -0.05) is 54.6 Å². The number of hydrogen-bond acceptors (Lipinski definition) is 4. The monoisotopic (exact) mass is 414 g/mol. The summed E-state index contributed by atoms with van der Waals surface area (Å²) in [6, 6.07) is 22.6. The average Bonchev–Trinajstić information content (AvgIpc) is 3.11. The molecule has 0 N–H and O–H groups in total. The second kappa shape index (κ2) is 9.00. The fourth-order valence-corrected chi connectivity index (χ4v) is 3.65. The summed E-state index contributed by atoms with van der Waals surface area (Å²) in [5.41, 5.74) is 6.08. The Morgan fingerprint density at radius 1 is 0.839 bits per heavy atom. The van der Waals surface area contributed by atoms with Gasteiger partial charge >= 0.3 is 5.69 Å². The summed E-state index contributed by atoms with van der Waals surface area (Å²) in [6.07, 6.45) is 2.00. The maximum absolute atomic E-state index is 12.3. The van der Waals surface area contributed by atoms with Crippen LogP contribution in [-0.2, 0) is 26.5 Å². The van der Waals surface area contributed by atoms with Crippen LogP contribution in [0, 0.1) is 13.8 Å². The molecule has 0 saturated heterocycles. The normalized spacial score (nSPS) is 10.9. The number of hydrogen-bond donors (Lipinski definition) is 0. The van der Waals surface area contributed by atoms with Crippen LogP contribution >= 0.6 is 0 Å². The molecule has 0 aliphatic heterocycles. The highest BCUT2D eigenvalue weighted by molar-refractivity contribution is 5.45. The summed E-state index contributed by atoms with van der Waals surface area (Å²) in [4.78, 5) is 12.3. The minimum absolute atomic E-state index is 0.286. The molecule has 1 aromatic heterocycles. The van der Waals surface area contributed by atoms with Crippen LogP contribution in [-0.4, -0.2) is 19.8 Å². The first kappa shape index (κ1) is 20.6. The lowest BCUT2D eigenvalue weighted by molar-refractivity contribution is 0.302. The van der Waals surface area contributed by atoms with Crippen LogP contribution in [0.4, 0.5) is 0 Å². The molecule has 3 aromatic carbocycles. The summed E-state index contributed by atoms with van der Waals surface area (Å²) < 4.78 is 8.68. The molecule has 6 nitrogen and oxygen atoms in total. The van der Waals surface area contributed by atoms with Gasteiger partial charge in [0.1, 0.15) is 12.4 Å². The number of ether oxygens (including phenoxy) is 1. The summed E-state index contributed by atoms with van der Waals surface area (Å²) in [6.45, 7) is 4.41. The lowest BCUT2D eigenvalue weighted by Gasteiger charge is -2.15. The van der Waals surface area contributed by atoms with E-state index in [-0.39, 0.29) is 5.69 Å². The molecule has 4 aromatic rings. The predicted octanol–water partition coefficient (Wildman–Crippen LogP) is 3.95. The lowest BCUT2D eigenvalue weighted by atomic mass is 10.0. The van der Waals surface area contributed by atoms with Gasteiger partial charge in [0.15, 0.2) is 0 Å². The van der Waals surface area contributed by atoms with Gasteiger partial charge in [-0.3, -0.25) is 0 Å². The number of aryl methyl sites for hydroxylation is 5. The summed E-state index contributed by atoms with van der Waals surface area (Å²) in [5.74, 6) is 0.837. The van der Waals surface area contributed by atoms with Crippen molar-refractivity contribution in [1.82, 2.24) is 19.8 Å². The van der Waals surface area contributed by atoms with Gasteiger partial charge in [-0.05, 0) is 71.5 Å². The first-order valence-corrected chi connectivity index (χ1v) is 10.4. The van der Waals surface area contributed by atoms with Crippen molar-refractivity contribution in [3.63, 3.8) is 0 Å². The van der Waals surface area contributed by atoms with Crippen molar-refractivity contribution < 1.29 is 4.74 Å². The van der Waals surface area contributed by atoms with Crippen molar-refractivity contribution in [3.8, 4) is 11.4 Å². The van der Waals surface area contributed by atoms with Gasteiger partial charge in [-0.25, -0.2) is 4.79 Å². The molecular weight excluding hydrogens is 388 g/mol. The maximum Gasteiger partial charge on any atom is 0.368 e. The summed E-state index contributed by atoms with van der Waals surface area (Å²) in [5, 5.41) is 7.80. The van der Waals surface area contributed by atoms with E-state index in [1.54, 1.807) is 7.05 Å². The van der Waals surface area contributed by atoms with E-state index in [1.165, 1.54) is 20.5 Å². The third-order valence-corrected chi connectivity index (χ3v) is 5.49. The average molecular weight is 415 g/mol. The topological polar surface area (TPSA) is 61.9 Å². The highest BCUT2D eigenvalue weighted by atomic mass is 16.5. The molecule has 0 aliphatic carbocycles. The third kappa shape index (κ3) is 4.58. The zero-order chi connectivity index (χ0) is 21.8. The van der Waals surface area contributed by atoms with Crippen molar-refractivity contribution in [1.29, 1.82) is 0 Å². The minimum atomic E-state index is -0.286. The van der Waals surface area contributed by atoms with Gasteiger partial charge in [0.2, 0.25) is 0 Å². The molecule has 6 heteroatoms. The molecule has 0 aliphatic rings. The van der Waals surface area contributed by atoms with Crippen LogP contribution in [0.25, 0.3) is 5.69 Å². The molecule has 0 radical (unpaired) electrons. The van der Waals surface area contributed by atoms with Crippen LogP contribution in [0.15, 0.2) is 71.5 Å². The van der Waals surface area contributed by atoms with E-state index in [0.717, 1.165) is 35.3 Å². The second-order valence-electron chi connectivity index (χ2n) is 7.74. The Kier molecular flexibility index (Phi) is 5.98. The molecule has 31 heavy (non-hydrogen) atoms. The Morgan fingerprint density at radius 3 is 2.32 bits per heavy atom. The minimum Gasteiger partial charge on any atom is -0.489 e.